The van der Waals surface area contributed by atoms with E-state index in [0.29, 0.717) is 5.56 Å². The average molecular weight is 316 g/mol. The minimum Gasteiger partial charge on any atom is -0.496 e. The SMILES string of the molecule is COc1ccc(C)cc1[C@H](C)N[C@@H](C(N)=O)c1ccc(F)cc1. The molecule has 5 heteroatoms. The Bertz CT molecular complexity index is 686. The fraction of sp³-hybridized carbons (Fsp3) is 0.278. The molecule has 0 fully saturated rings. The molecule has 2 atom stereocenters. The van der Waals surface area contributed by atoms with E-state index in [1.807, 2.05) is 32.0 Å². The Morgan fingerprint density at radius 3 is 2.43 bits per heavy atom. The summed E-state index contributed by atoms with van der Waals surface area (Å²) in [5.74, 6) is -0.140. The van der Waals surface area contributed by atoms with Gasteiger partial charge in [-0.3, -0.25) is 10.1 Å². The van der Waals surface area contributed by atoms with Gasteiger partial charge in [-0.1, -0.05) is 29.8 Å². The summed E-state index contributed by atoms with van der Waals surface area (Å²) >= 11 is 0. The highest BCUT2D eigenvalue weighted by Gasteiger charge is 2.22. The molecule has 0 bridgehead atoms. The predicted molar refractivity (Wildman–Crippen MR) is 87.6 cm³/mol. The molecule has 0 heterocycles. The van der Waals surface area contributed by atoms with Crippen molar-refractivity contribution >= 4 is 5.91 Å². The van der Waals surface area contributed by atoms with Crippen molar-refractivity contribution < 1.29 is 13.9 Å². The highest BCUT2D eigenvalue weighted by Crippen LogP contribution is 2.28. The first-order valence-corrected chi connectivity index (χ1v) is 7.37. The molecule has 0 aliphatic heterocycles. The number of halogens is 1. The van der Waals surface area contributed by atoms with E-state index in [4.69, 9.17) is 10.5 Å². The average Bonchev–Trinajstić information content (AvgIpc) is 2.53. The molecule has 4 nitrogen and oxygen atoms in total. The molecule has 1 amide bonds. The summed E-state index contributed by atoms with van der Waals surface area (Å²) in [5, 5.41) is 3.19. The maximum Gasteiger partial charge on any atom is 0.239 e. The number of carbonyl (C=O) groups is 1. The van der Waals surface area contributed by atoms with Crippen LogP contribution in [0, 0.1) is 12.7 Å². The van der Waals surface area contributed by atoms with Gasteiger partial charge in [0.05, 0.1) is 7.11 Å². The Morgan fingerprint density at radius 1 is 1.22 bits per heavy atom. The van der Waals surface area contributed by atoms with Crippen molar-refractivity contribution in [3.8, 4) is 5.75 Å². The molecular weight excluding hydrogens is 295 g/mol. The summed E-state index contributed by atoms with van der Waals surface area (Å²) in [6, 6.07) is 10.7. The van der Waals surface area contributed by atoms with Gasteiger partial charge in [0.1, 0.15) is 17.6 Å². The van der Waals surface area contributed by atoms with E-state index in [9.17, 15) is 9.18 Å². The largest absolute Gasteiger partial charge is 0.496 e. The molecule has 0 aliphatic carbocycles. The summed E-state index contributed by atoms with van der Waals surface area (Å²) < 4.78 is 18.4. The van der Waals surface area contributed by atoms with Crippen molar-refractivity contribution in [3.63, 3.8) is 0 Å². The minimum absolute atomic E-state index is 0.174. The van der Waals surface area contributed by atoms with E-state index in [0.717, 1.165) is 16.9 Å². The van der Waals surface area contributed by atoms with Crippen LogP contribution >= 0.6 is 0 Å². The van der Waals surface area contributed by atoms with E-state index >= 15 is 0 Å². The monoisotopic (exact) mass is 316 g/mol. The molecule has 0 saturated carbocycles. The van der Waals surface area contributed by atoms with Crippen molar-refractivity contribution in [2.45, 2.75) is 25.9 Å². The van der Waals surface area contributed by atoms with Crippen LogP contribution in [0.25, 0.3) is 0 Å². The second kappa shape index (κ2) is 7.24. The lowest BCUT2D eigenvalue weighted by Crippen LogP contribution is -2.35. The van der Waals surface area contributed by atoms with E-state index in [2.05, 4.69) is 5.32 Å². The third-order valence-electron chi connectivity index (χ3n) is 3.76. The first kappa shape index (κ1) is 17.0. The number of benzene rings is 2. The highest BCUT2D eigenvalue weighted by atomic mass is 19.1. The third kappa shape index (κ3) is 4.07. The number of nitrogens with one attached hydrogen (secondary N) is 1. The van der Waals surface area contributed by atoms with Crippen LogP contribution in [0.5, 0.6) is 5.75 Å². The van der Waals surface area contributed by atoms with Crippen LogP contribution in [0.2, 0.25) is 0 Å². The molecule has 2 aromatic carbocycles. The lowest BCUT2D eigenvalue weighted by atomic mass is 10.0. The Morgan fingerprint density at radius 2 is 1.87 bits per heavy atom. The van der Waals surface area contributed by atoms with Crippen molar-refractivity contribution in [1.82, 2.24) is 5.32 Å². The van der Waals surface area contributed by atoms with E-state index in [-0.39, 0.29) is 11.9 Å². The zero-order valence-corrected chi connectivity index (χ0v) is 13.5. The standard InChI is InChI=1S/C18H21FN2O2/c1-11-4-9-16(23-3)15(10-11)12(2)21-17(18(20)22)13-5-7-14(19)8-6-13/h4-10,12,17,21H,1-3H3,(H2,20,22)/t12-,17+/m0/s1. The van der Waals surface area contributed by atoms with Gasteiger partial charge in [0.2, 0.25) is 5.91 Å². The summed E-state index contributed by atoms with van der Waals surface area (Å²) in [7, 11) is 1.60. The van der Waals surface area contributed by atoms with Crippen LogP contribution in [0.4, 0.5) is 4.39 Å². The molecule has 0 saturated heterocycles. The number of carbonyl (C=O) groups excluding carboxylic acids is 1. The smallest absolute Gasteiger partial charge is 0.239 e. The number of ether oxygens (including phenoxy) is 1. The van der Waals surface area contributed by atoms with Gasteiger partial charge >= 0.3 is 0 Å². The number of methoxy groups -OCH3 is 1. The normalized spacial score (nSPS) is 13.4. The first-order chi connectivity index (χ1) is 10.9. The summed E-state index contributed by atoms with van der Waals surface area (Å²) in [6.45, 7) is 3.91. The minimum atomic E-state index is -0.712. The Balaban J connectivity index is 2.28. The summed E-state index contributed by atoms with van der Waals surface area (Å²) in [5.41, 5.74) is 8.15. The van der Waals surface area contributed by atoms with Crippen LogP contribution in [-0.4, -0.2) is 13.0 Å². The van der Waals surface area contributed by atoms with Crippen LogP contribution < -0.4 is 15.8 Å². The van der Waals surface area contributed by atoms with Crippen LogP contribution in [-0.2, 0) is 4.79 Å². The quantitative estimate of drug-likeness (QED) is 0.861. The zero-order chi connectivity index (χ0) is 17.0. The second-order valence-corrected chi connectivity index (χ2v) is 5.52. The molecular formula is C18H21FN2O2. The molecule has 0 unspecified atom stereocenters. The molecule has 23 heavy (non-hydrogen) atoms. The van der Waals surface area contributed by atoms with Crippen molar-refractivity contribution in [2.75, 3.05) is 7.11 Å². The van der Waals surface area contributed by atoms with Gasteiger partial charge in [-0.25, -0.2) is 4.39 Å². The van der Waals surface area contributed by atoms with Crippen molar-refractivity contribution in [1.29, 1.82) is 0 Å². The number of amides is 1. The number of primary amides is 1. The number of aryl methyl sites for hydroxylation is 1. The molecule has 0 spiro atoms. The van der Waals surface area contributed by atoms with E-state index in [1.165, 1.54) is 12.1 Å². The van der Waals surface area contributed by atoms with E-state index in [1.54, 1.807) is 19.2 Å². The van der Waals surface area contributed by atoms with Gasteiger partial charge in [0.25, 0.3) is 0 Å². The lowest BCUT2D eigenvalue weighted by molar-refractivity contribution is -0.120. The Kier molecular flexibility index (Phi) is 5.34. The van der Waals surface area contributed by atoms with Gasteiger partial charge in [0.15, 0.2) is 0 Å². The maximum atomic E-state index is 13.1. The molecule has 2 rings (SSSR count). The molecule has 0 radical (unpaired) electrons. The first-order valence-electron chi connectivity index (χ1n) is 7.37. The molecule has 2 aromatic rings. The third-order valence-corrected chi connectivity index (χ3v) is 3.76. The lowest BCUT2D eigenvalue weighted by Gasteiger charge is -2.23. The maximum absolute atomic E-state index is 13.1. The number of hydrogen-bond donors (Lipinski definition) is 2. The van der Waals surface area contributed by atoms with Crippen LogP contribution in [0.1, 0.15) is 35.7 Å². The number of hydrogen-bond acceptors (Lipinski definition) is 3. The van der Waals surface area contributed by atoms with Crippen molar-refractivity contribution in [3.05, 3.63) is 65.0 Å². The fourth-order valence-electron chi connectivity index (χ4n) is 2.53. The van der Waals surface area contributed by atoms with Crippen molar-refractivity contribution in [2.24, 2.45) is 5.73 Å². The molecule has 0 aromatic heterocycles. The molecule has 122 valence electrons. The van der Waals surface area contributed by atoms with Gasteiger partial charge in [0, 0.05) is 11.6 Å². The van der Waals surface area contributed by atoms with E-state index < -0.39 is 11.9 Å². The number of nitrogens with two attached hydrogens (primary N) is 1. The summed E-state index contributed by atoms with van der Waals surface area (Å²) in [6.07, 6.45) is 0. The molecule has 0 aliphatic rings. The highest BCUT2D eigenvalue weighted by molar-refractivity contribution is 5.81. The summed E-state index contributed by atoms with van der Waals surface area (Å²) in [4.78, 5) is 11.8. The Hall–Kier alpha value is -2.40. The molecule has 3 N–H and O–H groups in total. The van der Waals surface area contributed by atoms with Gasteiger partial charge in [-0.05, 0) is 37.6 Å². The fourth-order valence-corrected chi connectivity index (χ4v) is 2.53. The second-order valence-electron chi connectivity index (χ2n) is 5.52. The predicted octanol–water partition coefficient (Wildman–Crippen LogP) is 3.02. The topological polar surface area (TPSA) is 64.3 Å². The Labute approximate surface area is 135 Å². The van der Waals surface area contributed by atoms with Gasteiger partial charge in [-0.15, -0.1) is 0 Å². The van der Waals surface area contributed by atoms with Gasteiger partial charge < -0.3 is 10.5 Å². The number of rotatable bonds is 6. The van der Waals surface area contributed by atoms with Crippen LogP contribution in [0.3, 0.4) is 0 Å². The zero-order valence-electron chi connectivity index (χ0n) is 13.5. The van der Waals surface area contributed by atoms with Gasteiger partial charge in [-0.2, -0.15) is 0 Å². The van der Waals surface area contributed by atoms with Crippen LogP contribution in [0.15, 0.2) is 42.5 Å².